The van der Waals surface area contributed by atoms with Crippen LogP contribution >= 0.6 is 11.8 Å². The summed E-state index contributed by atoms with van der Waals surface area (Å²) in [6.45, 7) is 0. The quantitative estimate of drug-likeness (QED) is 0.929. The van der Waals surface area contributed by atoms with Gasteiger partial charge in [0, 0.05) is 16.0 Å². The number of benzene rings is 1. The van der Waals surface area contributed by atoms with E-state index in [0.717, 1.165) is 4.90 Å². The normalized spacial score (nSPS) is 13.3. The van der Waals surface area contributed by atoms with Crippen molar-refractivity contribution in [3.8, 4) is 0 Å². The van der Waals surface area contributed by atoms with Gasteiger partial charge in [0.25, 0.3) is 0 Å². The molecule has 0 radical (unpaired) electrons. The first-order valence-electron chi connectivity index (χ1n) is 6.21. The molecule has 0 saturated heterocycles. The second kappa shape index (κ2) is 5.05. The molecule has 0 amide bonds. The molecule has 0 spiro atoms. The smallest absolute Gasteiger partial charge is 0.354 e. The molecule has 0 fully saturated rings. The lowest BCUT2D eigenvalue weighted by Crippen LogP contribution is -1.98. The van der Waals surface area contributed by atoms with Gasteiger partial charge in [0.2, 0.25) is 0 Å². The first-order chi connectivity index (χ1) is 9.22. The SMILES string of the molecule is O=C(O)c1ccc(Sc2ccc3c(c2)CCC3)cn1. The van der Waals surface area contributed by atoms with Crippen LogP contribution in [0.15, 0.2) is 46.3 Å². The van der Waals surface area contributed by atoms with Crippen molar-refractivity contribution in [3.63, 3.8) is 0 Å². The molecule has 0 aliphatic heterocycles. The van der Waals surface area contributed by atoms with Gasteiger partial charge in [-0.25, -0.2) is 9.78 Å². The van der Waals surface area contributed by atoms with Crippen molar-refractivity contribution in [1.82, 2.24) is 4.98 Å². The topological polar surface area (TPSA) is 50.2 Å². The fraction of sp³-hybridized carbons (Fsp3) is 0.200. The number of aromatic nitrogens is 1. The van der Waals surface area contributed by atoms with E-state index >= 15 is 0 Å². The summed E-state index contributed by atoms with van der Waals surface area (Å²) >= 11 is 1.62. The Labute approximate surface area is 115 Å². The number of aromatic carboxylic acids is 1. The molecule has 1 aromatic heterocycles. The lowest BCUT2D eigenvalue weighted by Gasteiger charge is -2.05. The molecule has 0 atom stereocenters. The number of hydrogen-bond donors (Lipinski definition) is 1. The van der Waals surface area contributed by atoms with Gasteiger partial charge in [0.1, 0.15) is 5.69 Å². The monoisotopic (exact) mass is 271 g/mol. The Balaban J connectivity index is 1.79. The van der Waals surface area contributed by atoms with Crippen molar-refractivity contribution in [2.45, 2.75) is 29.1 Å². The van der Waals surface area contributed by atoms with E-state index in [1.54, 1.807) is 24.0 Å². The third-order valence-corrected chi connectivity index (χ3v) is 4.23. The van der Waals surface area contributed by atoms with Gasteiger partial charge in [0.05, 0.1) is 0 Å². The third-order valence-electron chi connectivity index (χ3n) is 3.26. The van der Waals surface area contributed by atoms with Crippen molar-refractivity contribution in [1.29, 1.82) is 0 Å². The number of carboxylic acids is 1. The highest BCUT2D eigenvalue weighted by Gasteiger charge is 2.11. The molecular weight excluding hydrogens is 258 g/mol. The third kappa shape index (κ3) is 2.63. The highest BCUT2D eigenvalue weighted by molar-refractivity contribution is 7.99. The van der Waals surface area contributed by atoms with E-state index in [1.165, 1.54) is 41.4 Å². The maximum absolute atomic E-state index is 10.7. The Hall–Kier alpha value is -1.81. The number of rotatable bonds is 3. The summed E-state index contributed by atoms with van der Waals surface area (Å²) in [7, 11) is 0. The summed E-state index contributed by atoms with van der Waals surface area (Å²) in [6.07, 6.45) is 5.22. The van der Waals surface area contributed by atoms with E-state index in [2.05, 4.69) is 23.2 Å². The highest BCUT2D eigenvalue weighted by atomic mass is 32.2. The van der Waals surface area contributed by atoms with Gasteiger partial charge in [-0.1, -0.05) is 17.8 Å². The lowest BCUT2D eigenvalue weighted by molar-refractivity contribution is 0.0690. The molecule has 19 heavy (non-hydrogen) atoms. The van der Waals surface area contributed by atoms with E-state index in [0.29, 0.717) is 0 Å². The molecule has 0 unspecified atom stereocenters. The molecule has 4 heteroatoms. The van der Waals surface area contributed by atoms with Crippen LogP contribution < -0.4 is 0 Å². The predicted molar refractivity (Wildman–Crippen MR) is 73.8 cm³/mol. The number of carboxylic acid groups (broad SMARTS) is 1. The summed E-state index contributed by atoms with van der Waals surface area (Å²) in [6, 6.07) is 9.90. The molecule has 2 aromatic rings. The largest absolute Gasteiger partial charge is 0.477 e. The molecule has 1 aromatic carbocycles. The number of hydrogen-bond acceptors (Lipinski definition) is 3. The minimum Gasteiger partial charge on any atom is -0.477 e. The van der Waals surface area contributed by atoms with Gasteiger partial charge in [-0.2, -0.15) is 0 Å². The molecule has 1 aliphatic rings. The maximum Gasteiger partial charge on any atom is 0.354 e. The van der Waals surface area contributed by atoms with Crippen molar-refractivity contribution < 1.29 is 9.90 Å². The summed E-state index contributed by atoms with van der Waals surface area (Å²) in [5.41, 5.74) is 2.99. The van der Waals surface area contributed by atoms with Gasteiger partial charge in [-0.15, -0.1) is 0 Å². The van der Waals surface area contributed by atoms with Gasteiger partial charge in [-0.05, 0) is 54.7 Å². The van der Waals surface area contributed by atoms with Crippen molar-refractivity contribution >= 4 is 17.7 Å². The van der Waals surface area contributed by atoms with E-state index in [1.807, 2.05) is 0 Å². The van der Waals surface area contributed by atoms with Crippen LogP contribution in [-0.4, -0.2) is 16.1 Å². The zero-order valence-corrected chi connectivity index (χ0v) is 11.1. The highest BCUT2D eigenvalue weighted by Crippen LogP contribution is 2.31. The molecular formula is C15H13NO2S. The van der Waals surface area contributed by atoms with Gasteiger partial charge in [0.15, 0.2) is 0 Å². The summed E-state index contributed by atoms with van der Waals surface area (Å²) in [4.78, 5) is 16.8. The Morgan fingerprint density at radius 3 is 2.63 bits per heavy atom. The first kappa shape index (κ1) is 12.2. The van der Waals surface area contributed by atoms with Gasteiger partial charge < -0.3 is 5.11 Å². The Morgan fingerprint density at radius 2 is 1.89 bits per heavy atom. The summed E-state index contributed by atoms with van der Waals surface area (Å²) < 4.78 is 0. The second-order valence-corrected chi connectivity index (χ2v) is 5.72. The number of aryl methyl sites for hydroxylation is 2. The van der Waals surface area contributed by atoms with Crippen molar-refractivity contribution in [2.24, 2.45) is 0 Å². The van der Waals surface area contributed by atoms with Gasteiger partial charge in [-0.3, -0.25) is 0 Å². The van der Waals surface area contributed by atoms with E-state index in [4.69, 9.17) is 5.11 Å². The Kier molecular flexibility index (Phi) is 3.25. The minimum absolute atomic E-state index is 0.0818. The second-order valence-electron chi connectivity index (χ2n) is 4.57. The van der Waals surface area contributed by atoms with E-state index in [-0.39, 0.29) is 5.69 Å². The maximum atomic E-state index is 10.7. The molecule has 0 saturated carbocycles. The molecule has 3 rings (SSSR count). The van der Waals surface area contributed by atoms with Gasteiger partial charge >= 0.3 is 5.97 Å². The fourth-order valence-electron chi connectivity index (χ4n) is 2.31. The molecule has 1 aliphatic carbocycles. The van der Waals surface area contributed by atoms with Crippen LogP contribution in [0.3, 0.4) is 0 Å². The molecule has 1 heterocycles. The zero-order chi connectivity index (χ0) is 13.2. The van der Waals surface area contributed by atoms with Crippen LogP contribution in [0, 0.1) is 0 Å². The summed E-state index contributed by atoms with van der Waals surface area (Å²) in [5.74, 6) is -0.992. The lowest BCUT2D eigenvalue weighted by atomic mass is 10.1. The van der Waals surface area contributed by atoms with Crippen molar-refractivity contribution in [2.75, 3.05) is 0 Å². The van der Waals surface area contributed by atoms with Crippen molar-refractivity contribution in [3.05, 3.63) is 53.3 Å². The van der Waals surface area contributed by atoms with Crippen LogP contribution in [0.5, 0.6) is 0 Å². The average Bonchev–Trinajstić information content (AvgIpc) is 2.87. The number of pyridine rings is 1. The number of carbonyl (C=O) groups is 1. The fourth-order valence-corrected chi connectivity index (χ4v) is 3.17. The van der Waals surface area contributed by atoms with E-state index < -0.39 is 5.97 Å². The standard InChI is InChI=1S/C15H13NO2S/c17-15(18)14-7-6-13(9-16-14)19-12-5-4-10-2-1-3-11(10)8-12/h4-9H,1-3H2,(H,17,18). The summed E-state index contributed by atoms with van der Waals surface area (Å²) in [5, 5.41) is 8.80. The van der Waals surface area contributed by atoms with Crippen LogP contribution in [-0.2, 0) is 12.8 Å². The Morgan fingerprint density at radius 1 is 1.11 bits per heavy atom. The first-order valence-corrected chi connectivity index (χ1v) is 7.03. The molecule has 1 N–H and O–H groups in total. The van der Waals surface area contributed by atoms with Crippen LogP contribution in [0.4, 0.5) is 0 Å². The number of fused-ring (bicyclic) bond motifs is 1. The van der Waals surface area contributed by atoms with E-state index in [9.17, 15) is 4.79 Å². The van der Waals surface area contributed by atoms with Crippen LogP contribution in [0.2, 0.25) is 0 Å². The zero-order valence-electron chi connectivity index (χ0n) is 10.3. The minimum atomic E-state index is -0.992. The van der Waals surface area contributed by atoms with Crippen LogP contribution in [0.25, 0.3) is 0 Å². The Bertz CT molecular complexity index is 623. The molecule has 3 nitrogen and oxygen atoms in total. The average molecular weight is 271 g/mol. The van der Waals surface area contributed by atoms with Crippen LogP contribution in [0.1, 0.15) is 28.0 Å². The molecule has 0 bridgehead atoms. The predicted octanol–water partition coefficient (Wildman–Crippen LogP) is 3.42. The number of nitrogens with zero attached hydrogens (tertiary/aromatic N) is 1. The molecule has 96 valence electrons.